The number of rotatable bonds is 1. The largest absolute Gasteiger partial charge is 0.399 e. The van der Waals surface area contributed by atoms with E-state index in [2.05, 4.69) is 20.9 Å². The van der Waals surface area contributed by atoms with Crippen LogP contribution in [0.2, 0.25) is 0 Å². The van der Waals surface area contributed by atoms with Crippen LogP contribution in [0.1, 0.15) is 22.4 Å². The van der Waals surface area contributed by atoms with Crippen LogP contribution >= 0.6 is 27.3 Å². The first-order valence-corrected chi connectivity index (χ1v) is 6.99. The van der Waals surface area contributed by atoms with Crippen LogP contribution in [-0.4, -0.2) is 10.1 Å². The molecule has 0 saturated carbocycles. The molecule has 0 saturated heterocycles. The van der Waals surface area contributed by atoms with E-state index in [-0.39, 0.29) is 0 Å². The van der Waals surface area contributed by atoms with Crippen LogP contribution in [0.5, 0.6) is 0 Å². The van der Waals surface area contributed by atoms with Gasteiger partial charge in [0.1, 0.15) is 10.2 Å². The van der Waals surface area contributed by atoms with Gasteiger partial charge in [0.15, 0.2) is 0 Å². The fourth-order valence-electron chi connectivity index (χ4n) is 2.41. The van der Waals surface area contributed by atoms with Crippen molar-refractivity contribution in [2.24, 2.45) is 0 Å². The molecule has 1 unspecified atom stereocenters. The lowest BCUT2D eigenvalue weighted by Gasteiger charge is -2.22. The maximum absolute atomic E-state index is 10.9. The molecule has 0 bridgehead atoms. The summed E-state index contributed by atoms with van der Waals surface area (Å²) in [5, 5.41) is 10.9. The third kappa shape index (κ3) is 1.61. The van der Waals surface area contributed by atoms with Crippen molar-refractivity contribution in [1.82, 2.24) is 4.98 Å². The highest BCUT2D eigenvalue weighted by Crippen LogP contribution is 2.46. The number of aliphatic hydroxyl groups is 1. The van der Waals surface area contributed by atoms with E-state index in [1.54, 1.807) is 5.51 Å². The second kappa shape index (κ2) is 3.80. The molecule has 0 fully saturated rings. The second-order valence-electron chi connectivity index (χ2n) is 4.25. The Labute approximate surface area is 111 Å². The van der Waals surface area contributed by atoms with Crippen LogP contribution in [-0.2, 0) is 12.0 Å². The number of aromatic nitrogens is 1. The van der Waals surface area contributed by atoms with Crippen LogP contribution in [0, 0.1) is 0 Å². The Kier molecular flexibility index (Phi) is 2.50. The molecule has 17 heavy (non-hydrogen) atoms. The highest BCUT2D eigenvalue weighted by molar-refractivity contribution is 9.10. The van der Waals surface area contributed by atoms with Gasteiger partial charge in [-0.25, -0.2) is 4.98 Å². The number of hydrogen-bond acceptors (Lipinski definition) is 4. The molecule has 0 amide bonds. The van der Waals surface area contributed by atoms with Crippen molar-refractivity contribution in [1.29, 1.82) is 0 Å². The Morgan fingerprint density at radius 1 is 1.47 bits per heavy atom. The van der Waals surface area contributed by atoms with Crippen LogP contribution < -0.4 is 5.73 Å². The van der Waals surface area contributed by atoms with E-state index in [0.717, 1.165) is 32.7 Å². The van der Waals surface area contributed by atoms with Crippen LogP contribution in [0.25, 0.3) is 0 Å². The standard InChI is InChI=1S/C12H11BrN2OS/c13-11-10(17-6-15-11)12(16)4-3-7-5-8(14)1-2-9(7)12/h1-2,5-6,16H,3-4,14H2. The Balaban J connectivity index is 2.17. The minimum absolute atomic E-state index is 0.687. The molecule has 0 spiro atoms. The number of benzene rings is 1. The molecule has 2 aromatic rings. The van der Waals surface area contributed by atoms with Gasteiger partial charge in [-0.15, -0.1) is 11.3 Å². The summed E-state index contributed by atoms with van der Waals surface area (Å²) in [5.41, 5.74) is 9.43. The fraction of sp³-hybridized carbons (Fsp3) is 0.250. The van der Waals surface area contributed by atoms with Crippen LogP contribution in [0.4, 0.5) is 5.69 Å². The highest BCUT2D eigenvalue weighted by atomic mass is 79.9. The Morgan fingerprint density at radius 3 is 3.00 bits per heavy atom. The van der Waals surface area contributed by atoms with E-state index in [9.17, 15) is 5.11 Å². The van der Waals surface area contributed by atoms with Crippen LogP contribution in [0.3, 0.4) is 0 Å². The normalized spacial score (nSPS) is 22.7. The quantitative estimate of drug-likeness (QED) is 0.796. The number of hydrogen-bond donors (Lipinski definition) is 2. The number of nitrogens with two attached hydrogens (primary N) is 1. The summed E-state index contributed by atoms with van der Waals surface area (Å²) < 4.78 is 0.731. The van der Waals surface area contributed by atoms with E-state index >= 15 is 0 Å². The molecule has 1 aliphatic carbocycles. The minimum Gasteiger partial charge on any atom is -0.399 e. The predicted molar refractivity (Wildman–Crippen MR) is 72.0 cm³/mol. The molecule has 3 rings (SSSR count). The average Bonchev–Trinajstić information content (AvgIpc) is 2.85. The summed E-state index contributed by atoms with van der Waals surface area (Å²) in [5.74, 6) is 0. The van der Waals surface area contributed by atoms with Gasteiger partial charge in [0.25, 0.3) is 0 Å². The summed E-state index contributed by atoms with van der Waals surface area (Å²) in [6.07, 6.45) is 1.54. The molecule has 3 nitrogen and oxygen atoms in total. The second-order valence-corrected chi connectivity index (χ2v) is 5.86. The first-order chi connectivity index (χ1) is 8.11. The van der Waals surface area contributed by atoms with Crippen LogP contribution in [0.15, 0.2) is 28.3 Å². The average molecular weight is 311 g/mol. The van der Waals surface area contributed by atoms with Gasteiger partial charge in [-0.2, -0.15) is 0 Å². The SMILES string of the molecule is Nc1ccc2c(c1)CCC2(O)c1scnc1Br. The Bertz CT molecular complexity index is 584. The van der Waals surface area contributed by atoms with E-state index in [0.29, 0.717) is 6.42 Å². The summed E-state index contributed by atoms with van der Waals surface area (Å²) >= 11 is 4.87. The highest BCUT2D eigenvalue weighted by Gasteiger charge is 2.41. The molecule has 88 valence electrons. The summed E-state index contributed by atoms with van der Waals surface area (Å²) in [7, 11) is 0. The minimum atomic E-state index is -0.914. The molecule has 1 aromatic heterocycles. The van der Waals surface area contributed by atoms with Crippen molar-refractivity contribution in [2.75, 3.05) is 5.73 Å². The topological polar surface area (TPSA) is 59.1 Å². The lowest BCUT2D eigenvalue weighted by molar-refractivity contribution is 0.0859. The number of halogens is 1. The van der Waals surface area contributed by atoms with Gasteiger partial charge in [0, 0.05) is 5.69 Å². The number of nitrogen functional groups attached to an aromatic ring is 1. The molecular formula is C12H11BrN2OS. The van der Waals surface area contributed by atoms with Crippen molar-refractivity contribution in [3.05, 3.63) is 44.3 Å². The number of fused-ring (bicyclic) bond motifs is 1. The fourth-order valence-corrected chi connectivity index (χ4v) is 4.08. The van der Waals surface area contributed by atoms with E-state index < -0.39 is 5.60 Å². The number of anilines is 1. The summed E-state index contributed by atoms with van der Waals surface area (Å²) in [4.78, 5) is 5.02. The Hall–Kier alpha value is -0.910. The van der Waals surface area contributed by atoms with E-state index in [4.69, 9.17) is 5.73 Å². The van der Waals surface area contributed by atoms with Crippen molar-refractivity contribution in [2.45, 2.75) is 18.4 Å². The Morgan fingerprint density at radius 2 is 2.29 bits per heavy atom. The van der Waals surface area contributed by atoms with E-state index in [1.807, 2.05) is 18.2 Å². The van der Waals surface area contributed by atoms with Gasteiger partial charge >= 0.3 is 0 Å². The van der Waals surface area contributed by atoms with Crippen molar-refractivity contribution >= 4 is 33.0 Å². The smallest absolute Gasteiger partial charge is 0.127 e. The van der Waals surface area contributed by atoms with Gasteiger partial charge in [0.2, 0.25) is 0 Å². The molecule has 1 aliphatic rings. The molecule has 0 aliphatic heterocycles. The first-order valence-electron chi connectivity index (χ1n) is 5.32. The number of aryl methyl sites for hydroxylation is 1. The molecule has 1 heterocycles. The zero-order chi connectivity index (χ0) is 12.0. The molecule has 5 heteroatoms. The zero-order valence-corrected chi connectivity index (χ0v) is 11.4. The lowest BCUT2D eigenvalue weighted by Crippen LogP contribution is -2.23. The number of thiazole rings is 1. The molecular weight excluding hydrogens is 300 g/mol. The maximum atomic E-state index is 10.9. The molecule has 1 aromatic carbocycles. The third-order valence-corrected chi connectivity index (χ3v) is 5.07. The predicted octanol–water partition coefficient (Wildman–Crippen LogP) is 2.67. The van der Waals surface area contributed by atoms with Gasteiger partial charge in [0.05, 0.1) is 10.4 Å². The van der Waals surface area contributed by atoms with Crippen molar-refractivity contribution < 1.29 is 5.11 Å². The summed E-state index contributed by atoms with van der Waals surface area (Å²) in [6.45, 7) is 0. The van der Waals surface area contributed by atoms with Gasteiger partial charge in [-0.3, -0.25) is 0 Å². The van der Waals surface area contributed by atoms with Crippen molar-refractivity contribution in [3.63, 3.8) is 0 Å². The van der Waals surface area contributed by atoms with Crippen molar-refractivity contribution in [3.8, 4) is 0 Å². The lowest BCUT2D eigenvalue weighted by atomic mass is 9.94. The molecule has 0 radical (unpaired) electrons. The monoisotopic (exact) mass is 310 g/mol. The van der Waals surface area contributed by atoms with Gasteiger partial charge in [-0.05, 0) is 52.0 Å². The number of nitrogens with zero attached hydrogens (tertiary/aromatic N) is 1. The molecule has 1 atom stereocenters. The third-order valence-electron chi connectivity index (χ3n) is 3.23. The maximum Gasteiger partial charge on any atom is 0.127 e. The zero-order valence-electron chi connectivity index (χ0n) is 8.98. The van der Waals surface area contributed by atoms with E-state index in [1.165, 1.54) is 11.3 Å². The first kappa shape index (κ1) is 11.2. The van der Waals surface area contributed by atoms with Gasteiger partial charge < -0.3 is 10.8 Å². The summed E-state index contributed by atoms with van der Waals surface area (Å²) in [6, 6.07) is 5.70. The van der Waals surface area contributed by atoms with Gasteiger partial charge in [-0.1, -0.05) is 6.07 Å². The molecule has 3 N–H and O–H groups in total.